The quantitative estimate of drug-likeness (QED) is 0.674. The van der Waals surface area contributed by atoms with Crippen LogP contribution in [0.25, 0.3) is 0 Å². The van der Waals surface area contributed by atoms with Gasteiger partial charge < -0.3 is 4.90 Å². The van der Waals surface area contributed by atoms with E-state index >= 15 is 0 Å². The molecular formula is C16H17N3O4S. The summed E-state index contributed by atoms with van der Waals surface area (Å²) in [6, 6.07) is 14.1. The zero-order chi connectivity index (χ0) is 17.3. The summed E-state index contributed by atoms with van der Waals surface area (Å²) in [5, 5.41) is 16.6. The maximum atomic E-state index is 11.7. The van der Waals surface area contributed by atoms with Gasteiger partial charge in [0.05, 0.1) is 4.92 Å². The molecule has 0 aliphatic carbocycles. The van der Waals surface area contributed by atoms with Crippen LogP contribution < -0.4 is 10.0 Å². The van der Waals surface area contributed by atoms with Crippen LogP contribution in [0.4, 0.5) is 11.4 Å². The van der Waals surface area contributed by atoms with E-state index in [1.807, 2.05) is 35.2 Å². The topological polar surface area (TPSA) is 107 Å². The summed E-state index contributed by atoms with van der Waals surface area (Å²) < 4.78 is 23.3. The van der Waals surface area contributed by atoms with E-state index in [0.29, 0.717) is 18.8 Å². The average Bonchev–Trinajstić information content (AvgIpc) is 3.04. The maximum absolute atomic E-state index is 11.7. The SMILES string of the molecule is NS(=O)(=O)c1cccc(N2CC[C@H](c3ccccc3)C2)c1[N+](=O)[O-]. The number of rotatable bonds is 4. The van der Waals surface area contributed by atoms with Gasteiger partial charge in [0.1, 0.15) is 5.69 Å². The number of hydrogen-bond donors (Lipinski definition) is 1. The molecule has 0 saturated carbocycles. The number of sulfonamides is 1. The molecule has 7 nitrogen and oxygen atoms in total. The molecule has 0 aromatic heterocycles. The van der Waals surface area contributed by atoms with Crippen molar-refractivity contribution in [1.29, 1.82) is 0 Å². The zero-order valence-corrected chi connectivity index (χ0v) is 13.6. The van der Waals surface area contributed by atoms with Gasteiger partial charge in [-0.2, -0.15) is 0 Å². The van der Waals surface area contributed by atoms with Crippen LogP contribution in [0, 0.1) is 10.1 Å². The zero-order valence-electron chi connectivity index (χ0n) is 12.8. The number of nitro groups is 1. The van der Waals surface area contributed by atoms with E-state index in [2.05, 4.69) is 0 Å². The van der Waals surface area contributed by atoms with Gasteiger partial charge in [0.25, 0.3) is 0 Å². The molecule has 1 fully saturated rings. The molecule has 0 radical (unpaired) electrons. The first-order chi connectivity index (χ1) is 11.4. The standard InChI is InChI=1S/C16H17N3O4S/c17-24(22,23)15-8-4-7-14(16(15)19(20)21)18-10-9-13(11-18)12-5-2-1-3-6-12/h1-8,13H,9-11H2,(H2,17,22,23)/t13-/m0/s1. The van der Waals surface area contributed by atoms with Gasteiger partial charge in [0.15, 0.2) is 4.90 Å². The van der Waals surface area contributed by atoms with Crippen LogP contribution in [0.15, 0.2) is 53.4 Å². The fourth-order valence-corrected chi connectivity index (χ4v) is 3.87. The molecule has 1 saturated heterocycles. The summed E-state index contributed by atoms with van der Waals surface area (Å²) in [6.07, 6.45) is 0.848. The van der Waals surface area contributed by atoms with E-state index in [1.165, 1.54) is 17.7 Å². The predicted molar refractivity (Wildman–Crippen MR) is 90.5 cm³/mol. The Labute approximate surface area is 139 Å². The highest BCUT2D eigenvalue weighted by molar-refractivity contribution is 7.89. The summed E-state index contributed by atoms with van der Waals surface area (Å²) in [5.74, 6) is 0.254. The van der Waals surface area contributed by atoms with E-state index in [9.17, 15) is 18.5 Å². The molecule has 1 aliphatic rings. The molecule has 2 aromatic carbocycles. The number of primary sulfonamides is 1. The number of nitrogens with zero attached hydrogens (tertiary/aromatic N) is 2. The third kappa shape index (κ3) is 3.10. The molecule has 8 heteroatoms. The van der Waals surface area contributed by atoms with Gasteiger partial charge in [0, 0.05) is 19.0 Å². The van der Waals surface area contributed by atoms with Crippen LogP contribution >= 0.6 is 0 Å². The molecule has 1 aliphatic heterocycles. The number of anilines is 1. The fourth-order valence-electron chi connectivity index (χ4n) is 3.16. The highest BCUT2D eigenvalue weighted by atomic mass is 32.2. The van der Waals surface area contributed by atoms with E-state index in [-0.39, 0.29) is 5.92 Å². The average molecular weight is 347 g/mol. The van der Waals surface area contributed by atoms with Gasteiger partial charge in [-0.05, 0) is 24.1 Å². The first kappa shape index (κ1) is 16.4. The van der Waals surface area contributed by atoms with Crippen molar-refractivity contribution in [2.24, 2.45) is 5.14 Å². The summed E-state index contributed by atoms with van der Waals surface area (Å²) in [4.78, 5) is 12.2. The highest BCUT2D eigenvalue weighted by Crippen LogP contribution is 2.38. The Morgan fingerprint density at radius 2 is 1.83 bits per heavy atom. The van der Waals surface area contributed by atoms with Crippen molar-refractivity contribution in [2.45, 2.75) is 17.2 Å². The Balaban J connectivity index is 1.98. The van der Waals surface area contributed by atoms with Gasteiger partial charge in [-0.1, -0.05) is 36.4 Å². The van der Waals surface area contributed by atoms with Crippen LogP contribution in [0.5, 0.6) is 0 Å². The summed E-state index contributed by atoms with van der Waals surface area (Å²) >= 11 is 0. The first-order valence-electron chi connectivity index (χ1n) is 7.48. The van der Waals surface area contributed by atoms with E-state index < -0.39 is 25.5 Å². The highest BCUT2D eigenvalue weighted by Gasteiger charge is 2.32. The second-order valence-corrected chi connectivity index (χ2v) is 7.30. The smallest absolute Gasteiger partial charge is 0.312 e. The number of hydrogen-bond acceptors (Lipinski definition) is 5. The predicted octanol–water partition coefficient (Wildman–Crippen LogP) is 2.24. The van der Waals surface area contributed by atoms with Gasteiger partial charge >= 0.3 is 5.69 Å². The summed E-state index contributed by atoms with van der Waals surface area (Å²) in [7, 11) is -4.16. The maximum Gasteiger partial charge on any atom is 0.312 e. The van der Waals surface area contributed by atoms with Crippen molar-refractivity contribution >= 4 is 21.4 Å². The number of para-hydroxylation sites is 1. The molecule has 3 rings (SSSR count). The molecule has 0 spiro atoms. The third-order valence-electron chi connectivity index (χ3n) is 4.27. The van der Waals surface area contributed by atoms with Crippen LogP contribution in [-0.4, -0.2) is 26.4 Å². The molecule has 2 aromatic rings. The van der Waals surface area contributed by atoms with E-state index in [4.69, 9.17) is 5.14 Å². The fraction of sp³-hybridized carbons (Fsp3) is 0.250. The van der Waals surface area contributed by atoms with Crippen molar-refractivity contribution in [1.82, 2.24) is 0 Å². The van der Waals surface area contributed by atoms with Crippen molar-refractivity contribution < 1.29 is 13.3 Å². The number of nitrogens with two attached hydrogens (primary N) is 1. The van der Waals surface area contributed by atoms with E-state index in [0.717, 1.165) is 6.42 Å². The lowest BCUT2D eigenvalue weighted by Crippen LogP contribution is -2.22. The molecule has 126 valence electrons. The van der Waals surface area contributed by atoms with Crippen LogP contribution in [0.3, 0.4) is 0 Å². The monoisotopic (exact) mass is 347 g/mol. The molecule has 2 N–H and O–H groups in total. The lowest BCUT2D eigenvalue weighted by molar-refractivity contribution is -0.387. The second kappa shape index (κ2) is 6.21. The minimum absolute atomic E-state index is 0.254. The Morgan fingerprint density at radius 3 is 2.46 bits per heavy atom. The second-order valence-electron chi connectivity index (χ2n) is 5.77. The minimum atomic E-state index is -4.16. The van der Waals surface area contributed by atoms with Crippen molar-refractivity contribution in [3.8, 4) is 0 Å². The first-order valence-corrected chi connectivity index (χ1v) is 9.02. The Bertz CT molecular complexity index is 868. The minimum Gasteiger partial charge on any atom is -0.365 e. The molecule has 24 heavy (non-hydrogen) atoms. The van der Waals surface area contributed by atoms with Crippen LogP contribution in [-0.2, 0) is 10.0 Å². The third-order valence-corrected chi connectivity index (χ3v) is 5.21. The molecule has 1 heterocycles. The van der Waals surface area contributed by atoms with Gasteiger partial charge in [0.2, 0.25) is 10.0 Å². The Morgan fingerprint density at radius 1 is 1.12 bits per heavy atom. The molecule has 1 atom stereocenters. The van der Waals surface area contributed by atoms with Crippen molar-refractivity contribution in [3.63, 3.8) is 0 Å². The Hall–Kier alpha value is -2.45. The van der Waals surface area contributed by atoms with Crippen LogP contribution in [0.1, 0.15) is 17.9 Å². The lowest BCUT2D eigenvalue weighted by Gasteiger charge is -2.19. The molecular weight excluding hydrogens is 330 g/mol. The van der Waals surface area contributed by atoms with Gasteiger partial charge in [-0.15, -0.1) is 0 Å². The number of nitro benzene ring substituents is 1. The van der Waals surface area contributed by atoms with Gasteiger partial charge in [-0.25, -0.2) is 13.6 Å². The van der Waals surface area contributed by atoms with E-state index in [1.54, 1.807) is 6.07 Å². The lowest BCUT2D eigenvalue weighted by atomic mass is 9.99. The Kier molecular flexibility index (Phi) is 4.25. The van der Waals surface area contributed by atoms with Gasteiger partial charge in [-0.3, -0.25) is 10.1 Å². The summed E-state index contributed by atoms with van der Waals surface area (Å²) in [5.41, 5.74) is 1.02. The largest absolute Gasteiger partial charge is 0.365 e. The van der Waals surface area contributed by atoms with Crippen molar-refractivity contribution in [3.05, 3.63) is 64.2 Å². The molecule has 0 unspecified atom stereocenters. The summed E-state index contributed by atoms with van der Waals surface area (Å²) in [6.45, 7) is 1.22. The van der Waals surface area contributed by atoms with Crippen molar-refractivity contribution in [2.75, 3.05) is 18.0 Å². The number of benzene rings is 2. The molecule has 0 bridgehead atoms. The normalized spacial score (nSPS) is 17.9. The van der Waals surface area contributed by atoms with Crippen LogP contribution in [0.2, 0.25) is 0 Å². The molecule has 0 amide bonds.